The van der Waals surface area contributed by atoms with Crippen molar-refractivity contribution in [1.82, 2.24) is 0 Å². The molecule has 0 heterocycles. The minimum Gasteiger partial charge on any atom is -0.0619 e. The molecule has 3 rings (SSSR count). The molecule has 0 bridgehead atoms. The second kappa shape index (κ2) is 3.89. The number of hydrogen-bond donors (Lipinski definition) is 0. The zero-order valence-electron chi connectivity index (χ0n) is 10.3. The number of fused-ring (bicyclic) bond motifs is 1. The van der Waals surface area contributed by atoms with Crippen molar-refractivity contribution in [2.24, 2.45) is 0 Å². The summed E-state index contributed by atoms with van der Waals surface area (Å²) in [6.07, 6.45) is 3.41. The first-order valence-electron chi connectivity index (χ1n) is 6.11. The molecular formula is C17H16. The fourth-order valence-corrected chi connectivity index (χ4v) is 2.76. The van der Waals surface area contributed by atoms with E-state index in [2.05, 4.69) is 62.4 Å². The molecule has 1 aliphatic carbocycles. The van der Waals surface area contributed by atoms with Gasteiger partial charge in [-0.3, -0.25) is 0 Å². The zero-order chi connectivity index (χ0) is 11.8. The third-order valence-corrected chi connectivity index (χ3v) is 3.57. The van der Waals surface area contributed by atoms with Gasteiger partial charge in [0.15, 0.2) is 0 Å². The van der Waals surface area contributed by atoms with Crippen LogP contribution in [0, 0.1) is 13.8 Å². The minimum atomic E-state index is 1.07. The lowest BCUT2D eigenvalue weighted by Crippen LogP contribution is -1.93. The van der Waals surface area contributed by atoms with Gasteiger partial charge in [0.25, 0.3) is 0 Å². The number of allylic oxidation sites excluding steroid dienone is 1. The first-order chi connectivity index (χ1) is 8.25. The second-order valence-electron chi connectivity index (χ2n) is 4.81. The summed E-state index contributed by atoms with van der Waals surface area (Å²) in [5, 5.41) is 0. The molecule has 0 atom stereocenters. The Balaban J connectivity index is 2.10. The summed E-state index contributed by atoms with van der Waals surface area (Å²) in [6.45, 7) is 4.40. The molecule has 0 aliphatic heterocycles. The van der Waals surface area contributed by atoms with Crippen LogP contribution >= 0.6 is 0 Å². The van der Waals surface area contributed by atoms with Crippen molar-refractivity contribution in [2.45, 2.75) is 20.3 Å². The quantitative estimate of drug-likeness (QED) is 0.668. The zero-order valence-corrected chi connectivity index (χ0v) is 10.3. The van der Waals surface area contributed by atoms with Crippen LogP contribution in [0.2, 0.25) is 0 Å². The second-order valence-corrected chi connectivity index (χ2v) is 4.81. The van der Waals surface area contributed by atoms with Gasteiger partial charge in [-0.2, -0.15) is 0 Å². The maximum atomic E-state index is 2.34. The molecule has 0 aromatic heterocycles. The fourth-order valence-electron chi connectivity index (χ4n) is 2.76. The van der Waals surface area contributed by atoms with E-state index < -0.39 is 0 Å². The van der Waals surface area contributed by atoms with Gasteiger partial charge < -0.3 is 0 Å². The Morgan fingerprint density at radius 3 is 2.24 bits per heavy atom. The van der Waals surface area contributed by atoms with Gasteiger partial charge in [-0.1, -0.05) is 48.5 Å². The number of rotatable bonds is 1. The fraction of sp³-hybridized carbons (Fsp3) is 0.176. The normalized spacial score (nSPS) is 13.4. The Hall–Kier alpha value is -1.82. The number of aryl methyl sites for hydroxylation is 2. The molecular weight excluding hydrogens is 204 g/mol. The van der Waals surface area contributed by atoms with Crippen LogP contribution in [0.1, 0.15) is 27.8 Å². The summed E-state index contributed by atoms with van der Waals surface area (Å²) < 4.78 is 0. The van der Waals surface area contributed by atoms with Crippen LogP contribution in [0.4, 0.5) is 0 Å². The van der Waals surface area contributed by atoms with Gasteiger partial charge in [0.2, 0.25) is 0 Å². The van der Waals surface area contributed by atoms with E-state index >= 15 is 0 Å². The highest BCUT2D eigenvalue weighted by atomic mass is 14.2. The molecule has 0 spiro atoms. The summed E-state index contributed by atoms with van der Waals surface area (Å²) in [7, 11) is 0. The van der Waals surface area contributed by atoms with Gasteiger partial charge >= 0.3 is 0 Å². The van der Waals surface area contributed by atoms with Crippen LogP contribution in [0.15, 0.2) is 42.5 Å². The van der Waals surface area contributed by atoms with Gasteiger partial charge in [0.1, 0.15) is 0 Å². The monoisotopic (exact) mass is 220 g/mol. The van der Waals surface area contributed by atoms with E-state index in [0.29, 0.717) is 0 Å². The summed E-state index contributed by atoms with van der Waals surface area (Å²) in [4.78, 5) is 0. The van der Waals surface area contributed by atoms with Crippen molar-refractivity contribution in [1.29, 1.82) is 0 Å². The highest BCUT2D eigenvalue weighted by molar-refractivity contribution is 5.90. The van der Waals surface area contributed by atoms with E-state index in [1.807, 2.05) is 0 Å². The van der Waals surface area contributed by atoms with Gasteiger partial charge in [-0.25, -0.2) is 0 Å². The summed E-state index contributed by atoms with van der Waals surface area (Å²) in [5.41, 5.74) is 8.48. The summed E-state index contributed by atoms with van der Waals surface area (Å²) >= 11 is 0. The standard InChI is InChI=1S/C17H16/c1-12-6-5-7-13(2)17(12)16-10-14-8-3-4-9-15(14)11-16/h3-10H,11H2,1-2H3. The molecule has 2 aromatic carbocycles. The van der Waals surface area contributed by atoms with Gasteiger partial charge in [-0.05, 0) is 53.7 Å². The molecule has 0 saturated carbocycles. The highest BCUT2D eigenvalue weighted by Crippen LogP contribution is 2.34. The molecule has 84 valence electrons. The Morgan fingerprint density at radius 1 is 0.824 bits per heavy atom. The van der Waals surface area contributed by atoms with E-state index in [-0.39, 0.29) is 0 Å². The Bertz CT molecular complexity index is 583. The van der Waals surface area contributed by atoms with E-state index in [0.717, 1.165) is 6.42 Å². The average molecular weight is 220 g/mol. The third kappa shape index (κ3) is 1.70. The maximum absolute atomic E-state index is 2.34. The molecule has 0 N–H and O–H groups in total. The molecule has 2 aromatic rings. The molecule has 0 amide bonds. The molecule has 0 heteroatoms. The molecule has 1 aliphatic rings. The van der Waals surface area contributed by atoms with Gasteiger partial charge in [0.05, 0.1) is 0 Å². The van der Waals surface area contributed by atoms with Crippen molar-refractivity contribution < 1.29 is 0 Å². The molecule has 17 heavy (non-hydrogen) atoms. The smallest absolute Gasteiger partial charge is 0.00135 e. The molecule has 0 nitrogen and oxygen atoms in total. The topological polar surface area (TPSA) is 0 Å². The van der Waals surface area contributed by atoms with Crippen molar-refractivity contribution in [3.8, 4) is 0 Å². The largest absolute Gasteiger partial charge is 0.0619 e. The Morgan fingerprint density at radius 2 is 1.53 bits per heavy atom. The van der Waals surface area contributed by atoms with Crippen LogP contribution in [0.5, 0.6) is 0 Å². The van der Waals surface area contributed by atoms with Crippen molar-refractivity contribution in [3.05, 3.63) is 70.3 Å². The van der Waals surface area contributed by atoms with E-state index in [1.54, 1.807) is 0 Å². The van der Waals surface area contributed by atoms with E-state index in [9.17, 15) is 0 Å². The summed E-state index contributed by atoms with van der Waals surface area (Å²) in [6, 6.07) is 15.2. The predicted octanol–water partition coefficient (Wildman–Crippen LogP) is 4.40. The SMILES string of the molecule is Cc1cccc(C)c1C1=Cc2ccccc2C1. The van der Waals surface area contributed by atoms with Crippen molar-refractivity contribution in [2.75, 3.05) is 0 Å². The third-order valence-electron chi connectivity index (χ3n) is 3.57. The lowest BCUT2D eigenvalue weighted by Gasteiger charge is -2.10. The Kier molecular flexibility index (Phi) is 2.36. The summed E-state index contributed by atoms with van der Waals surface area (Å²) in [5.74, 6) is 0. The van der Waals surface area contributed by atoms with Crippen molar-refractivity contribution in [3.63, 3.8) is 0 Å². The van der Waals surface area contributed by atoms with Crippen LogP contribution in [0.3, 0.4) is 0 Å². The maximum Gasteiger partial charge on any atom is -0.00135 e. The van der Waals surface area contributed by atoms with Gasteiger partial charge in [-0.15, -0.1) is 0 Å². The first-order valence-corrected chi connectivity index (χ1v) is 6.11. The van der Waals surface area contributed by atoms with Crippen LogP contribution in [0.25, 0.3) is 11.6 Å². The lowest BCUT2D eigenvalue weighted by molar-refractivity contribution is 1.26. The first kappa shape index (κ1) is 10.3. The highest BCUT2D eigenvalue weighted by Gasteiger charge is 2.15. The van der Waals surface area contributed by atoms with Crippen molar-refractivity contribution >= 4 is 11.6 Å². The lowest BCUT2D eigenvalue weighted by atomic mass is 9.94. The molecule has 0 radical (unpaired) electrons. The van der Waals surface area contributed by atoms with Gasteiger partial charge in [0, 0.05) is 0 Å². The van der Waals surface area contributed by atoms with Crippen LogP contribution < -0.4 is 0 Å². The number of hydrogen-bond acceptors (Lipinski definition) is 0. The predicted molar refractivity (Wildman–Crippen MR) is 73.9 cm³/mol. The van der Waals surface area contributed by atoms with Crippen LogP contribution in [-0.2, 0) is 6.42 Å². The van der Waals surface area contributed by atoms with E-state index in [4.69, 9.17) is 0 Å². The van der Waals surface area contributed by atoms with Crippen LogP contribution in [-0.4, -0.2) is 0 Å². The van der Waals surface area contributed by atoms with E-state index in [1.165, 1.54) is 33.4 Å². The molecule has 0 unspecified atom stereocenters. The minimum absolute atomic E-state index is 1.07. The Labute approximate surface area is 103 Å². The average Bonchev–Trinajstić information content (AvgIpc) is 2.71. The molecule has 0 fully saturated rings. The molecule has 0 saturated heterocycles. The number of benzene rings is 2.